The number of anilines is 1. The lowest BCUT2D eigenvalue weighted by atomic mass is 10.00. The van der Waals surface area contributed by atoms with E-state index in [1.165, 1.54) is 32.1 Å². The number of unbranched alkanes of at least 4 members (excludes halogenated alkanes) is 4. The first-order chi connectivity index (χ1) is 7.66. The van der Waals surface area contributed by atoms with E-state index in [1.54, 1.807) is 0 Å². The van der Waals surface area contributed by atoms with Gasteiger partial charge in [-0.1, -0.05) is 51.6 Å². The summed E-state index contributed by atoms with van der Waals surface area (Å²) in [6, 6.07) is 0. The lowest BCUT2D eigenvalue weighted by Crippen LogP contribution is -1.97. The van der Waals surface area contributed by atoms with E-state index < -0.39 is 0 Å². The molecule has 0 unspecified atom stereocenters. The summed E-state index contributed by atoms with van der Waals surface area (Å²) in [6.07, 6.45) is 7.35. The van der Waals surface area contributed by atoms with Crippen molar-refractivity contribution in [3.63, 3.8) is 0 Å². The first kappa shape index (κ1) is 13.1. The number of hydrogen-bond donors (Lipinski definition) is 1. The highest BCUT2D eigenvalue weighted by Gasteiger charge is 2.16. The van der Waals surface area contributed by atoms with Gasteiger partial charge in [-0.2, -0.15) is 0 Å². The van der Waals surface area contributed by atoms with Crippen molar-refractivity contribution < 1.29 is 4.52 Å². The number of hydrogen-bond acceptors (Lipinski definition) is 3. The molecule has 3 heteroatoms. The average molecular weight is 224 g/mol. The van der Waals surface area contributed by atoms with Gasteiger partial charge in [0, 0.05) is 12.0 Å². The van der Waals surface area contributed by atoms with Crippen molar-refractivity contribution >= 4 is 5.82 Å². The maximum atomic E-state index is 5.79. The third-order valence-corrected chi connectivity index (χ3v) is 2.92. The predicted molar refractivity (Wildman–Crippen MR) is 67.5 cm³/mol. The molecule has 1 aromatic rings. The Morgan fingerprint density at radius 2 is 1.88 bits per heavy atom. The molecule has 0 spiro atoms. The number of rotatable bonds is 7. The third-order valence-electron chi connectivity index (χ3n) is 2.92. The monoisotopic (exact) mass is 224 g/mol. The van der Waals surface area contributed by atoms with Gasteiger partial charge in [-0.3, -0.25) is 0 Å². The van der Waals surface area contributed by atoms with Crippen LogP contribution in [0.1, 0.15) is 70.1 Å². The molecule has 0 aliphatic rings. The van der Waals surface area contributed by atoms with Crippen molar-refractivity contribution in [3.05, 3.63) is 11.3 Å². The summed E-state index contributed by atoms with van der Waals surface area (Å²) in [7, 11) is 0. The van der Waals surface area contributed by atoms with Crippen LogP contribution >= 0.6 is 0 Å². The summed E-state index contributed by atoms with van der Waals surface area (Å²) >= 11 is 0. The molecule has 3 nitrogen and oxygen atoms in total. The van der Waals surface area contributed by atoms with Gasteiger partial charge in [0.25, 0.3) is 0 Å². The largest absolute Gasteiger partial charge is 0.381 e. The van der Waals surface area contributed by atoms with Gasteiger partial charge in [-0.05, 0) is 12.3 Å². The number of nitrogens with two attached hydrogens (primary N) is 1. The van der Waals surface area contributed by atoms with Gasteiger partial charge in [0.15, 0.2) is 5.82 Å². The van der Waals surface area contributed by atoms with E-state index in [4.69, 9.17) is 10.3 Å². The second kappa shape index (κ2) is 6.56. The summed E-state index contributed by atoms with van der Waals surface area (Å²) in [5.74, 6) is 1.96. The van der Waals surface area contributed by atoms with Crippen LogP contribution < -0.4 is 5.73 Å². The SMILES string of the molecule is CCCCCCCc1onc(N)c1C(C)C. The molecule has 0 bridgehead atoms. The Bertz CT molecular complexity index is 305. The summed E-state index contributed by atoms with van der Waals surface area (Å²) in [5, 5.41) is 3.86. The zero-order valence-corrected chi connectivity index (χ0v) is 10.8. The zero-order valence-electron chi connectivity index (χ0n) is 10.8. The first-order valence-corrected chi connectivity index (χ1v) is 6.40. The Morgan fingerprint density at radius 1 is 1.19 bits per heavy atom. The Kier molecular flexibility index (Phi) is 5.36. The smallest absolute Gasteiger partial charge is 0.170 e. The van der Waals surface area contributed by atoms with Gasteiger partial charge in [-0.25, -0.2) is 0 Å². The van der Waals surface area contributed by atoms with Crippen molar-refractivity contribution in [1.29, 1.82) is 0 Å². The van der Waals surface area contributed by atoms with E-state index in [1.807, 2.05) is 0 Å². The number of aryl methyl sites for hydroxylation is 1. The number of nitrogen functional groups attached to an aromatic ring is 1. The highest BCUT2D eigenvalue weighted by molar-refractivity contribution is 5.42. The molecule has 0 saturated heterocycles. The highest BCUT2D eigenvalue weighted by Crippen LogP contribution is 2.26. The van der Waals surface area contributed by atoms with Crippen molar-refractivity contribution in [2.75, 3.05) is 5.73 Å². The molecule has 16 heavy (non-hydrogen) atoms. The lowest BCUT2D eigenvalue weighted by Gasteiger charge is -2.05. The van der Waals surface area contributed by atoms with E-state index in [0.29, 0.717) is 11.7 Å². The van der Waals surface area contributed by atoms with E-state index in [9.17, 15) is 0 Å². The molecular weight excluding hydrogens is 200 g/mol. The third kappa shape index (κ3) is 3.54. The molecule has 0 radical (unpaired) electrons. The summed E-state index contributed by atoms with van der Waals surface area (Å²) in [4.78, 5) is 0. The van der Waals surface area contributed by atoms with Crippen molar-refractivity contribution in [2.24, 2.45) is 0 Å². The molecule has 0 amide bonds. The molecule has 0 fully saturated rings. The molecule has 92 valence electrons. The second-order valence-corrected chi connectivity index (χ2v) is 4.72. The Labute approximate surface area is 98.4 Å². The molecule has 0 saturated carbocycles. The lowest BCUT2D eigenvalue weighted by molar-refractivity contribution is 0.378. The maximum Gasteiger partial charge on any atom is 0.170 e. The van der Waals surface area contributed by atoms with Crippen LogP contribution in [0.5, 0.6) is 0 Å². The van der Waals surface area contributed by atoms with Crippen LogP contribution in [-0.4, -0.2) is 5.16 Å². The van der Waals surface area contributed by atoms with E-state index in [-0.39, 0.29) is 0 Å². The Balaban J connectivity index is 2.41. The fourth-order valence-corrected chi connectivity index (χ4v) is 2.03. The Hall–Kier alpha value is -0.990. The fraction of sp³-hybridized carbons (Fsp3) is 0.769. The topological polar surface area (TPSA) is 52.0 Å². The zero-order chi connectivity index (χ0) is 12.0. The van der Waals surface area contributed by atoms with Gasteiger partial charge in [0.2, 0.25) is 0 Å². The van der Waals surface area contributed by atoms with Crippen LogP contribution in [0.4, 0.5) is 5.82 Å². The molecule has 2 N–H and O–H groups in total. The van der Waals surface area contributed by atoms with Crippen molar-refractivity contribution in [2.45, 2.75) is 65.2 Å². The second-order valence-electron chi connectivity index (χ2n) is 4.72. The number of aromatic nitrogens is 1. The van der Waals surface area contributed by atoms with Crippen LogP contribution in [0, 0.1) is 0 Å². The molecule has 1 rings (SSSR count). The van der Waals surface area contributed by atoms with Crippen LogP contribution in [0.15, 0.2) is 4.52 Å². The highest BCUT2D eigenvalue weighted by atomic mass is 16.5. The van der Waals surface area contributed by atoms with Crippen molar-refractivity contribution in [1.82, 2.24) is 5.16 Å². The quantitative estimate of drug-likeness (QED) is 0.715. The summed E-state index contributed by atoms with van der Waals surface area (Å²) in [5.41, 5.74) is 6.90. The van der Waals surface area contributed by atoms with Gasteiger partial charge in [-0.15, -0.1) is 0 Å². The first-order valence-electron chi connectivity index (χ1n) is 6.40. The minimum atomic E-state index is 0.400. The Morgan fingerprint density at radius 3 is 2.50 bits per heavy atom. The molecule has 1 heterocycles. The minimum absolute atomic E-state index is 0.400. The fourth-order valence-electron chi connectivity index (χ4n) is 2.03. The number of nitrogens with zero attached hydrogens (tertiary/aromatic N) is 1. The van der Waals surface area contributed by atoms with E-state index in [2.05, 4.69) is 25.9 Å². The van der Waals surface area contributed by atoms with Gasteiger partial charge >= 0.3 is 0 Å². The van der Waals surface area contributed by atoms with Gasteiger partial charge < -0.3 is 10.3 Å². The van der Waals surface area contributed by atoms with Crippen LogP contribution in [0.3, 0.4) is 0 Å². The average Bonchev–Trinajstić information content (AvgIpc) is 2.59. The standard InChI is InChI=1S/C13H24N2O/c1-4-5-6-7-8-9-11-12(10(2)3)13(14)15-16-11/h10H,4-9H2,1-3H3,(H2,14,15). The van der Waals surface area contributed by atoms with Gasteiger partial charge in [0.05, 0.1) is 0 Å². The predicted octanol–water partition coefficient (Wildman–Crippen LogP) is 3.89. The van der Waals surface area contributed by atoms with Crippen LogP contribution in [-0.2, 0) is 6.42 Å². The summed E-state index contributed by atoms with van der Waals surface area (Å²) in [6.45, 7) is 6.49. The van der Waals surface area contributed by atoms with Crippen molar-refractivity contribution in [3.8, 4) is 0 Å². The van der Waals surface area contributed by atoms with E-state index in [0.717, 1.165) is 17.7 Å². The summed E-state index contributed by atoms with van der Waals surface area (Å²) < 4.78 is 5.29. The molecule has 0 atom stereocenters. The van der Waals surface area contributed by atoms with Crippen LogP contribution in [0.2, 0.25) is 0 Å². The molecular formula is C13H24N2O. The molecule has 1 aromatic heterocycles. The molecule has 0 aliphatic carbocycles. The molecule has 0 aliphatic heterocycles. The maximum absolute atomic E-state index is 5.79. The normalized spacial score (nSPS) is 11.2. The minimum Gasteiger partial charge on any atom is -0.381 e. The van der Waals surface area contributed by atoms with Crippen LogP contribution in [0.25, 0.3) is 0 Å². The van der Waals surface area contributed by atoms with E-state index >= 15 is 0 Å². The van der Waals surface area contributed by atoms with Gasteiger partial charge in [0.1, 0.15) is 5.76 Å². The molecule has 0 aromatic carbocycles.